The van der Waals surface area contributed by atoms with Gasteiger partial charge < -0.3 is 29.2 Å². The van der Waals surface area contributed by atoms with Gasteiger partial charge in [-0.25, -0.2) is 9.78 Å². The highest BCUT2D eigenvalue weighted by Gasteiger charge is 2.25. The largest absolute Gasteiger partial charge is 0.497 e. The number of amides is 2. The number of carbonyl (C=O) groups is 1. The Morgan fingerprint density at radius 3 is 2.57 bits per heavy atom. The van der Waals surface area contributed by atoms with Crippen molar-refractivity contribution in [3.63, 3.8) is 0 Å². The molecule has 2 amide bonds. The first-order valence-corrected chi connectivity index (χ1v) is 8.94. The fraction of sp³-hybridized carbons (Fsp3) is 0.421. The second kappa shape index (κ2) is 9.12. The standard InChI is InChI=1S/C19H24N4O5/c1-25-15-9-13(10-16(11-15)26-2)21-19(24)23-8-4-5-14(12-23)28-17-6-7-20-18(22-17)27-3/h6-7,9-11,14H,4-5,8,12H2,1-3H3,(H,21,24). The third-order valence-corrected chi connectivity index (χ3v) is 4.35. The van der Waals surface area contributed by atoms with Gasteiger partial charge in [-0.2, -0.15) is 4.98 Å². The molecule has 9 nitrogen and oxygen atoms in total. The number of hydrogen-bond donors (Lipinski definition) is 1. The number of anilines is 1. The van der Waals surface area contributed by atoms with Crippen LogP contribution in [0.25, 0.3) is 0 Å². The molecule has 1 saturated heterocycles. The Hall–Kier alpha value is -3.23. The van der Waals surface area contributed by atoms with Crippen molar-refractivity contribution in [3.8, 4) is 23.4 Å². The van der Waals surface area contributed by atoms with Crippen LogP contribution in [0.5, 0.6) is 23.4 Å². The average Bonchev–Trinajstić information content (AvgIpc) is 2.73. The van der Waals surface area contributed by atoms with Crippen LogP contribution in [-0.2, 0) is 0 Å². The van der Waals surface area contributed by atoms with Gasteiger partial charge >= 0.3 is 12.0 Å². The summed E-state index contributed by atoms with van der Waals surface area (Å²) in [6.07, 6.45) is 3.09. The molecule has 0 bridgehead atoms. The Kier molecular flexibility index (Phi) is 6.36. The second-order valence-corrected chi connectivity index (χ2v) is 6.24. The first-order chi connectivity index (χ1) is 13.6. The van der Waals surface area contributed by atoms with E-state index in [0.717, 1.165) is 12.8 Å². The van der Waals surface area contributed by atoms with Crippen molar-refractivity contribution in [2.45, 2.75) is 18.9 Å². The van der Waals surface area contributed by atoms with Crippen molar-refractivity contribution < 1.29 is 23.7 Å². The van der Waals surface area contributed by atoms with Crippen LogP contribution in [0.15, 0.2) is 30.5 Å². The van der Waals surface area contributed by atoms with Crippen molar-refractivity contribution >= 4 is 11.7 Å². The monoisotopic (exact) mass is 388 g/mol. The number of methoxy groups -OCH3 is 3. The minimum atomic E-state index is -0.205. The van der Waals surface area contributed by atoms with E-state index in [0.29, 0.717) is 36.2 Å². The summed E-state index contributed by atoms with van der Waals surface area (Å²) in [5.41, 5.74) is 0.602. The van der Waals surface area contributed by atoms with Crippen LogP contribution in [-0.4, -0.2) is 61.4 Å². The predicted octanol–water partition coefficient (Wildman–Crippen LogP) is 2.58. The summed E-state index contributed by atoms with van der Waals surface area (Å²) in [6, 6.07) is 6.94. The Balaban J connectivity index is 1.62. The Morgan fingerprint density at radius 1 is 1.14 bits per heavy atom. The van der Waals surface area contributed by atoms with E-state index in [4.69, 9.17) is 18.9 Å². The molecule has 9 heteroatoms. The van der Waals surface area contributed by atoms with Crippen molar-refractivity contribution in [1.29, 1.82) is 0 Å². The number of likely N-dealkylation sites (tertiary alicyclic amines) is 1. The molecule has 1 aromatic carbocycles. The molecule has 0 radical (unpaired) electrons. The zero-order valence-corrected chi connectivity index (χ0v) is 16.2. The molecule has 0 saturated carbocycles. The number of nitrogens with one attached hydrogen (secondary N) is 1. The number of rotatable bonds is 6. The third-order valence-electron chi connectivity index (χ3n) is 4.35. The molecule has 0 aliphatic carbocycles. The molecule has 1 aromatic heterocycles. The zero-order chi connectivity index (χ0) is 19.9. The lowest BCUT2D eigenvalue weighted by atomic mass is 10.1. The molecule has 0 spiro atoms. The van der Waals surface area contributed by atoms with Crippen LogP contribution in [0, 0.1) is 0 Å². The van der Waals surface area contributed by atoms with Crippen LogP contribution in [0.4, 0.5) is 10.5 Å². The number of carbonyl (C=O) groups excluding carboxylic acids is 1. The van der Waals surface area contributed by atoms with Crippen LogP contribution in [0.1, 0.15) is 12.8 Å². The fourth-order valence-corrected chi connectivity index (χ4v) is 2.96. The number of benzene rings is 1. The Morgan fingerprint density at radius 2 is 1.89 bits per heavy atom. The molecule has 1 unspecified atom stereocenters. The van der Waals surface area contributed by atoms with Crippen molar-refractivity contribution in [2.75, 3.05) is 39.7 Å². The summed E-state index contributed by atoms with van der Waals surface area (Å²) in [4.78, 5) is 22.5. The quantitative estimate of drug-likeness (QED) is 0.813. The Labute approximate surface area is 163 Å². The molecule has 2 aromatic rings. The van der Waals surface area contributed by atoms with Gasteiger partial charge in [-0.05, 0) is 12.8 Å². The van der Waals surface area contributed by atoms with Gasteiger partial charge in [0.1, 0.15) is 17.6 Å². The fourth-order valence-electron chi connectivity index (χ4n) is 2.96. The number of hydrogen-bond acceptors (Lipinski definition) is 7. The summed E-state index contributed by atoms with van der Waals surface area (Å²) >= 11 is 0. The average molecular weight is 388 g/mol. The van der Waals surface area contributed by atoms with E-state index in [9.17, 15) is 4.79 Å². The first-order valence-electron chi connectivity index (χ1n) is 8.94. The lowest BCUT2D eigenvalue weighted by molar-refractivity contribution is 0.102. The molecule has 1 aliphatic heterocycles. The van der Waals surface area contributed by atoms with E-state index in [-0.39, 0.29) is 18.1 Å². The zero-order valence-electron chi connectivity index (χ0n) is 16.2. The van der Waals surface area contributed by atoms with Gasteiger partial charge in [-0.3, -0.25) is 0 Å². The van der Waals surface area contributed by atoms with Crippen molar-refractivity contribution in [3.05, 3.63) is 30.5 Å². The molecule has 1 N–H and O–H groups in total. The summed E-state index contributed by atoms with van der Waals surface area (Å²) in [5, 5.41) is 2.89. The Bertz CT molecular complexity index is 794. The molecule has 1 aliphatic rings. The normalized spacial score (nSPS) is 16.2. The smallest absolute Gasteiger partial charge is 0.321 e. The molecular formula is C19H24N4O5. The maximum absolute atomic E-state index is 12.7. The molecule has 3 rings (SSSR count). The van der Waals surface area contributed by atoms with Crippen LogP contribution < -0.4 is 24.3 Å². The SMILES string of the molecule is COc1cc(NC(=O)N2CCCC(Oc3ccnc(OC)n3)C2)cc(OC)c1. The van der Waals surface area contributed by atoms with Crippen molar-refractivity contribution in [1.82, 2.24) is 14.9 Å². The van der Waals surface area contributed by atoms with Gasteiger partial charge in [-0.1, -0.05) is 0 Å². The van der Waals surface area contributed by atoms with Gasteiger partial charge in [-0.15, -0.1) is 0 Å². The number of ether oxygens (including phenoxy) is 4. The number of urea groups is 1. The molecule has 28 heavy (non-hydrogen) atoms. The van der Waals surface area contributed by atoms with Crippen LogP contribution in [0.3, 0.4) is 0 Å². The highest BCUT2D eigenvalue weighted by Crippen LogP contribution is 2.26. The van der Waals surface area contributed by atoms with Gasteiger partial charge in [0.25, 0.3) is 0 Å². The van der Waals surface area contributed by atoms with Gasteiger partial charge in [0.2, 0.25) is 5.88 Å². The van der Waals surface area contributed by atoms with Gasteiger partial charge in [0, 0.05) is 42.7 Å². The van der Waals surface area contributed by atoms with E-state index >= 15 is 0 Å². The number of piperidine rings is 1. The van der Waals surface area contributed by atoms with Crippen LogP contribution >= 0.6 is 0 Å². The topological polar surface area (TPSA) is 95.0 Å². The maximum Gasteiger partial charge on any atom is 0.321 e. The first kappa shape index (κ1) is 19.5. The summed E-state index contributed by atoms with van der Waals surface area (Å²) in [7, 11) is 4.63. The van der Waals surface area contributed by atoms with Crippen LogP contribution in [0.2, 0.25) is 0 Å². The van der Waals surface area contributed by atoms with Gasteiger partial charge in [0.05, 0.1) is 27.9 Å². The minimum absolute atomic E-state index is 0.154. The van der Waals surface area contributed by atoms with Crippen molar-refractivity contribution in [2.24, 2.45) is 0 Å². The van der Waals surface area contributed by atoms with E-state index < -0.39 is 0 Å². The lowest BCUT2D eigenvalue weighted by Crippen LogP contribution is -2.46. The summed E-state index contributed by atoms with van der Waals surface area (Å²) in [5.74, 6) is 1.64. The maximum atomic E-state index is 12.7. The molecule has 1 fully saturated rings. The summed E-state index contributed by atoms with van der Waals surface area (Å²) < 4.78 is 21.4. The molecule has 150 valence electrons. The molecular weight excluding hydrogens is 364 g/mol. The highest BCUT2D eigenvalue weighted by atomic mass is 16.5. The lowest BCUT2D eigenvalue weighted by Gasteiger charge is -2.32. The van der Waals surface area contributed by atoms with E-state index in [1.54, 1.807) is 49.6 Å². The number of aromatic nitrogens is 2. The van der Waals surface area contributed by atoms with Gasteiger partial charge in [0.15, 0.2) is 0 Å². The predicted molar refractivity (Wildman–Crippen MR) is 102 cm³/mol. The van der Waals surface area contributed by atoms with E-state index in [1.807, 2.05) is 0 Å². The molecule has 2 heterocycles. The van der Waals surface area contributed by atoms with E-state index in [1.165, 1.54) is 7.11 Å². The minimum Gasteiger partial charge on any atom is -0.497 e. The second-order valence-electron chi connectivity index (χ2n) is 6.24. The highest BCUT2D eigenvalue weighted by molar-refractivity contribution is 5.90. The number of nitrogens with zero attached hydrogens (tertiary/aromatic N) is 3. The van der Waals surface area contributed by atoms with E-state index in [2.05, 4.69) is 15.3 Å². The summed E-state index contributed by atoms with van der Waals surface area (Å²) in [6.45, 7) is 1.11. The third kappa shape index (κ3) is 4.93. The molecule has 1 atom stereocenters.